The van der Waals surface area contributed by atoms with Gasteiger partial charge in [-0.1, -0.05) is 0 Å². The van der Waals surface area contributed by atoms with E-state index in [2.05, 4.69) is 16.2 Å². The third-order valence-corrected chi connectivity index (χ3v) is 5.07. The first-order valence-electron chi connectivity index (χ1n) is 9.38. The molecule has 3 aromatic rings. The van der Waals surface area contributed by atoms with E-state index in [4.69, 9.17) is 22.1 Å². The molecular formula is C21H20ClFN6O3. The smallest absolute Gasteiger partial charge is 0.242 e. The molecule has 1 amide bonds. The zero-order valence-corrected chi connectivity index (χ0v) is 18.3. The number of hydrogen-bond donors (Lipinski definition) is 2. The number of rotatable bonds is 6. The topological polar surface area (TPSA) is 130 Å². The molecule has 9 nitrogen and oxygen atoms in total. The first-order valence-corrected chi connectivity index (χ1v) is 9.91. The van der Waals surface area contributed by atoms with Crippen molar-refractivity contribution in [3.8, 4) is 28.7 Å². The van der Waals surface area contributed by atoms with E-state index in [1.165, 1.54) is 35.0 Å². The van der Waals surface area contributed by atoms with Crippen LogP contribution < -0.4 is 15.4 Å². The van der Waals surface area contributed by atoms with Crippen LogP contribution in [-0.4, -0.2) is 38.7 Å². The molecule has 2 heterocycles. The molecule has 3 N–H and O–H groups in total. The molecule has 0 radical (unpaired) electrons. The normalized spacial score (nSPS) is 11.6. The van der Waals surface area contributed by atoms with Crippen LogP contribution in [0.3, 0.4) is 0 Å². The summed E-state index contributed by atoms with van der Waals surface area (Å²) in [5, 5.41) is 24.0. The summed E-state index contributed by atoms with van der Waals surface area (Å²) >= 11 is 5.67. The van der Waals surface area contributed by atoms with Crippen LogP contribution in [0.1, 0.15) is 24.3 Å². The minimum absolute atomic E-state index is 0.0469. The number of carbonyl (C=O) groups excluding carboxylic acids is 1. The molecule has 0 saturated carbocycles. The van der Waals surface area contributed by atoms with Crippen molar-refractivity contribution in [2.75, 3.05) is 23.6 Å². The Balaban J connectivity index is 2.07. The predicted octanol–water partition coefficient (Wildman–Crippen LogP) is 3.12. The molecule has 32 heavy (non-hydrogen) atoms. The zero-order chi connectivity index (χ0) is 23.6. The number of pyridine rings is 1. The number of halogens is 2. The number of phenolic OH excluding ortho intramolecular Hbond substituents is 1. The van der Waals surface area contributed by atoms with Crippen molar-refractivity contribution in [3.63, 3.8) is 0 Å². The summed E-state index contributed by atoms with van der Waals surface area (Å²) in [6.45, 7) is 1.61. The highest BCUT2D eigenvalue weighted by Crippen LogP contribution is 2.37. The lowest BCUT2D eigenvalue weighted by Crippen LogP contribution is -2.28. The van der Waals surface area contributed by atoms with E-state index in [-0.39, 0.29) is 40.3 Å². The highest BCUT2D eigenvalue weighted by atomic mass is 35.5. The number of alkyl halides is 1. The van der Waals surface area contributed by atoms with Crippen molar-refractivity contribution in [1.29, 1.82) is 5.26 Å². The van der Waals surface area contributed by atoms with Gasteiger partial charge in [-0.05, 0) is 31.2 Å². The van der Waals surface area contributed by atoms with Gasteiger partial charge >= 0.3 is 0 Å². The van der Waals surface area contributed by atoms with E-state index in [0.29, 0.717) is 11.1 Å². The van der Waals surface area contributed by atoms with Crippen LogP contribution in [0.2, 0.25) is 0 Å². The number of phenols is 1. The Morgan fingerprint density at radius 1 is 1.47 bits per heavy atom. The number of aromatic nitrogens is 3. The maximum Gasteiger partial charge on any atom is 0.242 e. The van der Waals surface area contributed by atoms with Crippen molar-refractivity contribution in [1.82, 2.24) is 14.8 Å². The number of carbonyl (C=O) groups is 1. The Kier molecular flexibility index (Phi) is 6.50. The predicted molar refractivity (Wildman–Crippen MR) is 117 cm³/mol. The minimum atomic E-state index is -0.769. The number of ether oxygens (including phenoxy) is 1. The molecule has 0 aliphatic carbocycles. The summed E-state index contributed by atoms with van der Waals surface area (Å²) in [6.07, 6.45) is 0.654. The lowest BCUT2D eigenvalue weighted by molar-refractivity contribution is -0.116. The van der Waals surface area contributed by atoms with Crippen molar-refractivity contribution in [2.45, 2.75) is 13.0 Å². The van der Waals surface area contributed by atoms with Gasteiger partial charge in [0, 0.05) is 31.4 Å². The number of nitrogen functional groups attached to an aromatic ring is 1. The Morgan fingerprint density at radius 3 is 2.84 bits per heavy atom. The fraction of sp³-hybridized carbons (Fsp3) is 0.238. The number of aryl methyl sites for hydroxylation is 1. The molecule has 0 saturated heterocycles. The van der Waals surface area contributed by atoms with E-state index in [9.17, 15) is 19.6 Å². The van der Waals surface area contributed by atoms with Crippen LogP contribution in [0.4, 0.5) is 16.0 Å². The lowest BCUT2D eigenvalue weighted by Gasteiger charge is -2.18. The Hall–Kier alpha value is -3.84. The van der Waals surface area contributed by atoms with Gasteiger partial charge in [0.1, 0.15) is 35.3 Å². The molecule has 0 aliphatic heterocycles. The van der Waals surface area contributed by atoms with Crippen LogP contribution in [0.5, 0.6) is 11.5 Å². The van der Waals surface area contributed by atoms with Crippen LogP contribution in [0.15, 0.2) is 30.5 Å². The second-order valence-electron chi connectivity index (χ2n) is 6.94. The summed E-state index contributed by atoms with van der Waals surface area (Å²) in [6, 6.07) is 7.12. The average Bonchev–Trinajstić information content (AvgIpc) is 3.11. The Bertz CT molecular complexity index is 1220. The molecule has 1 atom stereocenters. The maximum absolute atomic E-state index is 13.6. The fourth-order valence-corrected chi connectivity index (χ4v) is 3.32. The number of amides is 1. The highest BCUT2D eigenvalue weighted by molar-refractivity contribution is 6.29. The van der Waals surface area contributed by atoms with Gasteiger partial charge in [0.2, 0.25) is 5.91 Å². The molecule has 2 aromatic heterocycles. The molecule has 166 valence electrons. The first kappa shape index (κ1) is 22.8. The number of aromatic hydroxyl groups is 1. The summed E-state index contributed by atoms with van der Waals surface area (Å²) in [5.74, 6) is -0.942. The van der Waals surface area contributed by atoms with Crippen LogP contribution in [0.25, 0.3) is 11.1 Å². The fourth-order valence-electron chi connectivity index (χ4n) is 3.14. The molecule has 3 rings (SSSR count). The molecule has 11 heteroatoms. The van der Waals surface area contributed by atoms with Crippen molar-refractivity contribution in [2.24, 2.45) is 7.05 Å². The summed E-state index contributed by atoms with van der Waals surface area (Å²) in [7, 11) is 3.07. The van der Waals surface area contributed by atoms with Gasteiger partial charge < -0.3 is 15.6 Å². The molecule has 0 bridgehead atoms. The second kappa shape index (κ2) is 9.11. The van der Waals surface area contributed by atoms with Crippen LogP contribution in [0, 0.1) is 17.1 Å². The van der Waals surface area contributed by atoms with Crippen LogP contribution >= 0.6 is 11.6 Å². The van der Waals surface area contributed by atoms with E-state index in [0.717, 1.165) is 12.1 Å². The number of hydrogen-bond acceptors (Lipinski definition) is 7. The SMILES string of the molecule is CC(Oc1cc(-c2c(N(C)C(=O)CCl)nn(C)c2C#N)cnc1N)c1cc(F)ccc1O. The number of benzene rings is 1. The van der Waals surface area contributed by atoms with E-state index in [1.807, 2.05) is 0 Å². The lowest BCUT2D eigenvalue weighted by atomic mass is 10.1. The number of nitriles is 1. The van der Waals surface area contributed by atoms with E-state index < -0.39 is 17.8 Å². The van der Waals surface area contributed by atoms with Gasteiger partial charge in [0.05, 0.1) is 5.56 Å². The molecule has 1 aromatic carbocycles. The molecule has 0 spiro atoms. The first-order chi connectivity index (χ1) is 15.2. The third-order valence-electron chi connectivity index (χ3n) is 4.84. The van der Waals surface area contributed by atoms with Gasteiger partial charge in [0.15, 0.2) is 17.4 Å². The number of nitrogens with zero attached hydrogens (tertiary/aromatic N) is 5. The largest absolute Gasteiger partial charge is 0.508 e. The third kappa shape index (κ3) is 4.29. The Morgan fingerprint density at radius 2 is 2.19 bits per heavy atom. The van der Waals surface area contributed by atoms with Gasteiger partial charge in [-0.2, -0.15) is 10.4 Å². The highest BCUT2D eigenvalue weighted by Gasteiger charge is 2.25. The number of anilines is 2. The quantitative estimate of drug-likeness (QED) is 0.542. The van der Waals surface area contributed by atoms with Crippen molar-refractivity contribution < 1.29 is 19.0 Å². The van der Waals surface area contributed by atoms with Gasteiger partial charge in [-0.3, -0.25) is 14.4 Å². The average molecular weight is 459 g/mol. The summed E-state index contributed by atoms with van der Waals surface area (Å²) in [5.41, 5.74) is 7.13. The summed E-state index contributed by atoms with van der Waals surface area (Å²) < 4.78 is 20.8. The second-order valence-corrected chi connectivity index (χ2v) is 7.21. The zero-order valence-electron chi connectivity index (χ0n) is 17.5. The minimum Gasteiger partial charge on any atom is -0.508 e. The molecular weight excluding hydrogens is 439 g/mol. The maximum atomic E-state index is 13.6. The number of nitrogens with two attached hydrogens (primary N) is 1. The molecule has 0 fully saturated rings. The monoisotopic (exact) mass is 458 g/mol. The standard InChI is InChI=1S/C21H20ClFN6O3/c1-11(14-7-13(23)4-5-16(14)30)32-17-6-12(10-26-20(17)25)19-15(9-24)29(3)27-21(19)28(2)18(31)8-22/h4-7,10-11,30H,8H2,1-3H3,(H2,25,26). The van der Waals surface area contributed by atoms with Crippen molar-refractivity contribution >= 4 is 29.1 Å². The molecule has 0 aliphatic rings. The van der Waals surface area contributed by atoms with Gasteiger partial charge in [0.25, 0.3) is 0 Å². The van der Waals surface area contributed by atoms with Crippen molar-refractivity contribution in [3.05, 3.63) is 47.5 Å². The Labute approximate surface area is 188 Å². The van der Waals surface area contributed by atoms with E-state index in [1.54, 1.807) is 14.0 Å². The van der Waals surface area contributed by atoms with Gasteiger partial charge in [-0.25, -0.2) is 9.37 Å². The van der Waals surface area contributed by atoms with E-state index >= 15 is 0 Å². The summed E-state index contributed by atoms with van der Waals surface area (Å²) in [4.78, 5) is 17.5. The molecule has 1 unspecified atom stereocenters. The van der Waals surface area contributed by atoms with Crippen LogP contribution in [-0.2, 0) is 11.8 Å². The van der Waals surface area contributed by atoms with Gasteiger partial charge in [-0.15, -0.1) is 11.6 Å².